The highest BCUT2D eigenvalue weighted by Gasteiger charge is 2.29. The summed E-state index contributed by atoms with van der Waals surface area (Å²) >= 11 is 0. The molecule has 2 N–H and O–H groups in total. The molecule has 106 valence electrons. The Morgan fingerprint density at radius 1 is 1.33 bits per heavy atom. The normalized spacial score (nSPS) is 29.9. The fraction of sp³-hybridized carbons (Fsp3) is 0.929. The molecule has 1 saturated heterocycles. The van der Waals surface area contributed by atoms with Gasteiger partial charge in [-0.1, -0.05) is 33.1 Å². The lowest BCUT2D eigenvalue weighted by atomic mass is 9.80. The summed E-state index contributed by atoms with van der Waals surface area (Å²) < 4.78 is 0. The molecule has 1 heterocycles. The number of hydrogen-bond acceptors (Lipinski definition) is 2. The maximum absolute atomic E-state index is 12.0. The second-order valence-corrected chi connectivity index (χ2v) is 5.97. The van der Waals surface area contributed by atoms with Crippen molar-refractivity contribution >= 4 is 18.3 Å². The largest absolute Gasteiger partial charge is 0.356 e. The van der Waals surface area contributed by atoms with Crippen LogP contribution in [0.15, 0.2) is 0 Å². The second kappa shape index (κ2) is 7.34. The first-order chi connectivity index (χ1) is 8.18. The van der Waals surface area contributed by atoms with Gasteiger partial charge in [-0.05, 0) is 37.3 Å². The SMILES string of the molecule is CC1CCCCC1CNC(=O)C(C)C1CNC1.Cl. The van der Waals surface area contributed by atoms with Gasteiger partial charge in [0.1, 0.15) is 0 Å². The zero-order valence-electron chi connectivity index (χ0n) is 11.6. The van der Waals surface area contributed by atoms with Crippen LogP contribution in [0.25, 0.3) is 0 Å². The summed E-state index contributed by atoms with van der Waals surface area (Å²) in [7, 11) is 0. The smallest absolute Gasteiger partial charge is 0.223 e. The van der Waals surface area contributed by atoms with Crippen LogP contribution in [-0.4, -0.2) is 25.5 Å². The van der Waals surface area contributed by atoms with Crippen LogP contribution in [0.5, 0.6) is 0 Å². The molecule has 2 rings (SSSR count). The molecule has 1 saturated carbocycles. The van der Waals surface area contributed by atoms with E-state index in [1.807, 2.05) is 0 Å². The molecule has 18 heavy (non-hydrogen) atoms. The van der Waals surface area contributed by atoms with Crippen molar-refractivity contribution in [1.82, 2.24) is 10.6 Å². The van der Waals surface area contributed by atoms with Crippen LogP contribution in [0.1, 0.15) is 39.5 Å². The van der Waals surface area contributed by atoms with Gasteiger partial charge in [-0.25, -0.2) is 0 Å². The summed E-state index contributed by atoms with van der Waals surface area (Å²) in [6.07, 6.45) is 5.34. The quantitative estimate of drug-likeness (QED) is 0.825. The number of rotatable bonds is 4. The van der Waals surface area contributed by atoms with E-state index in [0.717, 1.165) is 25.6 Å². The van der Waals surface area contributed by atoms with Crippen LogP contribution in [0.3, 0.4) is 0 Å². The summed E-state index contributed by atoms with van der Waals surface area (Å²) in [5, 5.41) is 6.39. The van der Waals surface area contributed by atoms with Crippen molar-refractivity contribution in [3.05, 3.63) is 0 Å². The molecule has 4 heteroatoms. The molecule has 0 radical (unpaired) electrons. The van der Waals surface area contributed by atoms with Gasteiger partial charge >= 0.3 is 0 Å². The number of nitrogens with one attached hydrogen (secondary N) is 2. The molecule has 2 fully saturated rings. The number of amides is 1. The van der Waals surface area contributed by atoms with Gasteiger partial charge in [0.25, 0.3) is 0 Å². The monoisotopic (exact) mass is 274 g/mol. The summed E-state index contributed by atoms with van der Waals surface area (Å²) in [6.45, 7) is 7.30. The highest BCUT2D eigenvalue weighted by atomic mass is 35.5. The minimum absolute atomic E-state index is 0. The van der Waals surface area contributed by atoms with Gasteiger partial charge in [0, 0.05) is 12.5 Å². The third-order valence-corrected chi connectivity index (χ3v) is 4.76. The Bertz CT molecular complexity index is 269. The molecular formula is C14H27ClN2O. The van der Waals surface area contributed by atoms with E-state index in [1.54, 1.807) is 0 Å². The van der Waals surface area contributed by atoms with Gasteiger partial charge in [0.2, 0.25) is 5.91 Å². The Kier molecular flexibility index (Phi) is 6.44. The maximum Gasteiger partial charge on any atom is 0.223 e. The van der Waals surface area contributed by atoms with Crippen molar-refractivity contribution in [2.24, 2.45) is 23.7 Å². The van der Waals surface area contributed by atoms with E-state index in [1.165, 1.54) is 25.7 Å². The molecule has 3 unspecified atom stereocenters. The van der Waals surface area contributed by atoms with Crippen LogP contribution < -0.4 is 10.6 Å². The molecule has 1 aliphatic heterocycles. The third-order valence-electron chi connectivity index (χ3n) is 4.76. The lowest BCUT2D eigenvalue weighted by molar-refractivity contribution is -0.127. The van der Waals surface area contributed by atoms with Crippen molar-refractivity contribution < 1.29 is 4.79 Å². The molecule has 0 aromatic carbocycles. The Morgan fingerprint density at radius 3 is 2.56 bits per heavy atom. The molecule has 3 atom stereocenters. The topological polar surface area (TPSA) is 41.1 Å². The van der Waals surface area contributed by atoms with Gasteiger partial charge in [-0.3, -0.25) is 4.79 Å². The molecule has 1 amide bonds. The summed E-state index contributed by atoms with van der Waals surface area (Å²) in [5.74, 6) is 2.48. The van der Waals surface area contributed by atoms with Gasteiger partial charge in [0.05, 0.1) is 0 Å². The van der Waals surface area contributed by atoms with E-state index in [-0.39, 0.29) is 24.2 Å². The fourth-order valence-electron chi connectivity index (χ4n) is 2.97. The van der Waals surface area contributed by atoms with Crippen molar-refractivity contribution in [2.45, 2.75) is 39.5 Å². The average molecular weight is 275 g/mol. The highest BCUT2D eigenvalue weighted by Crippen LogP contribution is 2.29. The predicted molar refractivity (Wildman–Crippen MR) is 76.9 cm³/mol. The van der Waals surface area contributed by atoms with Crippen molar-refractivity contribution in [3.8, 4) is 0 Å². The van der Waals surface area contributed by atoms with Crippen LogP contribution in [0.2, 0.25) is 0 Å². The summed E-state index contributed by atoms with van der Waals surface area (Å²) in [6, 6.07) is 0. The van der Waals surface area contributed by atoms with Crippen LogP contribution in [0, 0.1) is 23.7 Å². The first kappa shape index (κ1) is 15.8. The van der Waals surface area contributed by atoms with Crippen molar-refractivity contribution in [3.63, 3.8) is 0 Å². The number of carbonyl (C=O) groups excluding carboxylic acids is 1. The van der Waals surface area contributed by atoms with Crippen molar-refractivity contribution in [1.29, 1.82) is 0 Å². The second-order valence-electron chi connectivity index (χ2n) is 5.97. The minimum Gasteiger partial charge on any atom is -0.356 e. The lowest BCUT2D eigenvalue weighted by Gasteiger charge is -2.33. The van der Waals surface area contributed by atoms with E-state index in [4.69, 9.17) is 0 Å². The van der Waals surface area contributed by atoms with E-state index in [2.05, 4.69) is 24.5 Å². The Balaban J connectivity index is 0.00000162. The Labute approximate surface area is 117 Å². The molecule has 0 bridgehead atoms. The van der Waals surface area contributed by atoms with Crippen LogP contribution >= 0.6 is 12.4 Å². The number of halogens is 1. The molecule has 0 aromatic heterocycles. The lowest BCUT2D eigenvalue weighted by Crippen LogP contribution is -2.50. The van der Waals surface area contributed by atoms with Crippen LogP contribution in [0.4, 0.5) is 0 Å². The molecule has 0 aromatic rings. The zero-order chi connectivity index (χ0) is 12.3. The Morgan fingerprint density at radius 2 is 2.00 bits per heavy atom. The average Bonchev–Trinajstić information content (AvgIpc) is 2.25. The summed E-state index contributed by atoms with van der Waals surface area (Å²) in [4.78, 5) is 12.0. The third kappa shape index (κ3) is 3.86. The van der Waals surface area contributed by atoms with E-state index in [9.17, 15) is 4.79 Å². The molecule has 3 nitrogen and oxygen atoms in total. The molecule has 0 spiro atoms. The standard InChI is InChI=1S/C14H26N2O.ClH/c1-10-5-3-4-6-12(10)9-16-14(17)11(2)13-7-15-8-13;/h10-13,15H,3-9H2,1-2H3,(H,16,17);1H. The van der Waals surface area contributed by atoms with Crippen LogP contribution in [-0.2, 0) is 4.79 Å². The van der Waals surface area contributed by atoms with Gasteiger partial charge < -0.3 is 10.6 Å². The van der Waals surface area contributed by atoms with Gasteiger partial charge in [0.15, 0.2) is 0 Å². The van der Waals surface area contributed by atoms with Gasteiger partial charge in [-0.2, -0.15) is 0 Å². The van der Waals surface area contributed by atoms with E-state index >= 15 is 0 Å². The highest BCUT2D eigenvalue weighted by molar-refractivity contribution is 5.85. The zero-order valence-corrected chi connectivity index (χ0v) is 12.4. The van der Waals surface area contributed by atoms with E-state index in [0.29, 0.717) is 11.8 Å². The summed E-state index contributed by atoms with van der Waals surface area (Å²) in [5.41, 5.74) is 0. The van der Waals surface area contributed by atoms with Gasteiger partial charge in [-0.15, -0.1) is 12.4 Å². The first-order valence-electron chi connectivity index (χ1n) is 7.17. The fourth-order valence-corrected chi connectivity index (χ4v) is 2.97. The van der Waals surface area contributed by atoms with E-state index < -0.39 is 0 Å². The number of carbonyl (C=O) groups is 1. The molecule has 2 aliphatic rings. The minimum atomic E-state index is 0. The first-order valence-corrected chi connectivity index (χ1v) is 7.17. The molecular weight excluding hydrogens is 248 g/mol. The predicted octanol–water partition coefficient (Wildman–Crippen LogP) is 2.21. The number of hydrogen-bond donors (Lipinski definition) is 2. The molecule has 1 aliphatic carbocycles. The van der Waals surface area contributed by atoms with Crippen molar-refractivity contribution in [2.75, 3.05) is 19.6 Å². The Hall–Kier alpha value is -0.280. The maximum atomic E-state index is 12.0.